The molecule has 3 atom stereocenters. The standard InChI is InChI=1S/C8H14O4/c1-12-7-4-5(9)2-3-6(7)8(10)11/h5-7,9H,2-4H2,1H3,(H,10,11). The van der Waals surface area contributed by atoms with Crippen LogP contribution in [0.5, 0.6) is 0 Å². The predicted octanol–water partition coefficient (Wildman–Crippen LogP) is 0.247. The Morgan fingerprint density at radius 2 is 2.17 bits per heavy atom. The van der Waals surface area contributed by atoms with Gasteiger partial charge in [-0.15, -0.1) is 0 Å². The molecule has 4 heteroatoms. The number of rotatable bonds is 2. The zero-order valence-electron chi connectivity index (χ0n) is 7.06. The lowest BCUT2D eigenvalue weighted by Gasteiger charge is -2.30. The summed E-state index contributed by atoms with van der Waals surface area (Å²) in [6, 6.07) is 0. The number of hydrogen-bond donors (Lipinski definition) is 2. The van der Waals surface area contributed by atoms with Gasteiger partial charge in [0.05, 0.1) is 18.1 Å². The lowest BCUT2D eigenvalue weighted by atomic mass is 9.85. The number of ether oxygens (including phenoxy) is 1. The van der Waals surface area contributed by atoms with E-state index in [1.54, 1.807) is 0 Å². The van der Waals surface area contributed by atoms with Crippen molar-refractivity contribution in [3.8, 4) is 0 Å². The molecule has 1 rings (SSSR count). The summed E-state index contributed by atoms with van der Waals surface area (Å²) in [6.45, 7) is 0. The van der Waals surface area contributed by atoms with Crippen LogP contribution < -0.4 is 0 Å². The first kappa shape index (κ1) is 9.48. The van der Waals surface area contributed by atoms with E-state index in [0.717, 1.165) is 0 Å². The number of methoxy groups -OCH3 is 1. The fraction of sp³-hybridized carbons (Fsp3) is 0.875. The number of carboxylic acid groups (broad SMARTS) is 1. The molecule has 0 radical (unpaired) electrons. The first-order valence-electron chi connectivity index (χ1n) is 4.08. The third-order valence-electron chi connectivity index (χ3n) is 2.38. The van der Waals surface area contributed by atoms with Crippen molar-refractivity contribution in [2.24, 2.45) is 5.92 Å². The number of carbonyl (C=O) groups is 1. The van der Waals surface area contributed by atoms with Gasteiger partial charge in [0.15, 0.2) is 0 Å². The Hall–Kier alpha value is -0.610. The maximum absolute atomic E-state index is 10.7. The van der Waals surface area contributed by atoms with E-state index in [4.69, 9.17) is 9.84 Å². The van der Waals surface area contributed by atoms with E-state index in [1.165, 1.54) is 7.11 Å². The lowest BCUT2D eigenvalue weighted by Crippen LogP contribution is -2.37. The Morgan fingerprint density at radius 3 is 2.67 bits per heavy atom. The molecule has 0 spiro atoms. The first-order chi connectivity index (χ1) is 5.65. The molecule has 0 aromatic heterocycles. The zero-order valence-corrected chi connectivity index (χ0v) is 7.06. The van der Waals surface area contributed by atoms with Crippen molar-refractivity contribution in [3.63, 3.8) is 0 Å². The Morgan fingerprint density at radius 1 is 1.50 bits per heavy atom. The molecule has 1 saturated carbocycles. The van der Waals surface area contributed by atoms with Crippen LogP contribution in [0.4, 0.5) is 0 Å². The molecule has 0 aromatic carbocycles. The van der Waals surface area contributed by atoms with Gasteiger partial charge in [-0.05, 0) is 12.8 Å². The molecule has 3 unspecified atom stereocenters. The van der Waals surface area contributed by atoms with Gasteiger partial charge in [0, 0.05) is 13.5 Å². The summed E-state index contributed by atoms with van der Waals surface area (Å²) in [4.78, 5) is 10.7. The summed E-state index contributed by atoms with van der Waals surface area (Å²) in [5.41, 5.74) is 0. The van der Waals surface area contributed by atoms with Gasteiger partial charge in [0.25, 0.3) is 0 Å². The molecular formula is C8H14O4. The van der Waals surface area contributed by atoms with Gasteiger partial charge in [0.2, 0.25) is 0 Å². The highest BCUT2D eigenvalue weighted by Gasteiger charge is 2.34. The van der Waals surface area contributed by atoms with Crippen molar-refractivity contribution >= 4 is 5.97 Å². The van der Waals surface area contributed by atoms with Crippen LogP contribution in [0, 0.1) is 5.92 Å². The first-order valence-corrected chi connectivity index (χ1v) is 4.08. The van der Waals surface area contributed by atoms with Crippen LogP contribution in [0.1, 0.15) is 19.3 Å². The van der Waals surface area contributed by atoms with Gasteiger partial charge in [-0.25, -0.2) is 0 Å². The van der Waals surface area contributed by atoms with Crippen molar-refractivity contribution < 1.29 is 19.7 Å². The normalized spacial score (nSPS) is 36.3. The van der Waals surface area contributed by atoms with Crippen LogP contribution >= 0.6 is 0 Å². The smallest absolute Gasteiger partial charge is 0.309 e. The summed E-state index contributed by atoms with van der Waals surface area (Å²) in [6.07, 6.45) is 0.788. The van der Waals surface area contributed by atoms with Crippen LogP contribution in [-0.2, 0) is 9.53 Å². The molecule has 0 aliphatic heterocycles. The molecule has 4 nitrogen and oxygen atoms in total. The van der Waals surface area contributed by atoms with Gasteiger partial charge in [-0.3, -0.25) is 4.79 Å². The maximum Gasteiger partial charge on any atom is 0.309 e. The highest BCUT2D eigenvalue weighted by molar-refractivity contribution is 5.70. The van der Waals surface area contributed by atoms with E-state index < -0.39 is 18.0 Å². The van der Waals surface area contributed by atoms with Crippen molar-refractivity contribution in [2.45, 2.75) is 31.5 Å². The minimum atomic E-state index is -0.825. The van der Waals surface area contributed by atoms with Crippen molar-refractivity contribution in [1.82, 2.24) is 0 Å². The second-order valence-corrected chi connectivity index (χ2v) is 3.19. The topological polar surface area (TPSA) is 66.8 Å². The van der Waals surface area contributed by atoms with Gasteiger partial charge >= 0.3 is 5.97 Å². The van der Waals surface area contributed by atoms with E-state index in [1.807, 2.05) is 0 Å². The molecule has 70 valence electrons. The maximum atomic E-state index is 10.7. The highest BCUT2D eigenvalue weighted by Crippen LogP contribution is 2.26. The molecular weight excluding hydrogens is 160 g/mol. The second-order valence-electron chi connectivity index (χ2n) is 3.19. The SMILES string of the molecule is COC1CC(O)CCC1C(=O)O. The van der Waals surface area contributed by atoms with Crippen molar-refractivity contribution in [1.29, 1.82) is 0 Å². The van der Waals surface area contributed by atoms with Gasteiger partial charge in [0.1, 0.15) is 0 Å². The third-order valence-corrected chi connectivity index (χ3v) is 2.38. The molecule has 1 aliphatic rings. The number of aliphatic hydroxyl groups is 1. The molecule has 0 bridgehead atoms. The summed E-state index contributed by atoms with van der Waals surface area (Å²) >= 11 is 0. The van der Waals surface area contributed by atoms with E-state index in [9.17, 15) is 9.90 Å². The molecule has 12 heavy (non-hydrogen) atoms. The van der Waals surface area contributed by atoms with E-state index in [-0.39, 0.29) is 6.10 Å². The molecule has 1 aliphatic carbocycles. The van der Waals surface area contributed by atoms with Crippen LogP contribution in [-0.4, -0.2) is 35.5 Å². The Bertz CT molecular complexity index is 168. The number of hydrogen-bond acceptors (Lipinski definition) is 3. The summed E-state index contributed by atoms with van der Waals surface area (Å²) in [5, 5.41) is 18.0. The van der Waals surface area contributed by atoms with Crippen LogP contribution in [0.2, 0.25) is 0 Å². The largest absolute Gasteiger partial charge is 0.481 e. The van der Waals surface area contributed by atoms with E-state index in [2.05, 4.69) is 0 Å². The van der Waals surface area contributed by atoms with Crippen molar-refractivity contribution in [3.05, 3.63) is 0 Å². The molecule has 0 aromatic rings. The lowest BCUT2D eigenvalue weighted by molar-refractivity contribution is -0.150. The quantitative estimate of drug-likeness (QED) is 0.629. The monoisotopic (exact) mass is 174 g/mol. The average molecular weight is 174 g/mol. The van der Waals surface area contributed by atoms with E-state index in [0.29, 0.717) is 19.3 Å². The molecule has 0 amide bonds. The molecule has 2 N–H and O–H groups in total. The molecule has 0 saturated heterocycles. The Labute approximate surface area is 71.2 Å². The summed E-state index contributed by atoms with van der Waals surface area (Å²) in [7, 11) is 1.48. The second kappa shape index (κ2) is 3.87. The number of aliphatic carboxylic acids is 1. The average Bonchev–Trinajstić information content (AvgIpc) is 2.03. The van der Waals surface area contributed by atoms with Gasteiger partial charge in [-0.2, -0.15) is 0 Å². The van der Waals surface area contributed by atoms with Gasteiger partial charge < -0.3 is 14.9 Å². The van der Waals surface area contributed by atoms with E-state index >= 15 is 0 Å². The molecule has 1 fully saturated rings. The molecule has 0 heterocycles. The third kappa shape index (κ3) is 1.95. The van der Waals surface area contributed by atoms with Crippen LogP contribution in [0.3, 0.4) is 0 Å². The fourth-order valence-corrected chi connectivity index (χ4v) is 1.65. The fourth-order valence-electron chi connectivity index (χ4n) is 1.65. The Balaban J connectivity index is 2.56. The minimum Gasteiger partial charge on any atom is -0.481 e. The summed E-state index contributed by atoms with van der Waals surface area (Å²) < 4.78 is 4.99. The zero-order chi connectivity index (χ0) is 9.14. The van der Waals surface area contributed by atoms with Gasteiger partial charge in [-0.1, -0.05) is 0 Å². The van der Waals surface area contributed by atoms with Crippen LogP contribution in [0.15, 0.2) is 0 Å². The minimum absolute atomic E-state index is 0.328. The highest BCUT2D eigenvalue weighted by atomic mass is 16.5. The number of carboxylic acids is 1. The van der Waals surface area contributed by atoms with Crippen LogP contribution in [0.25, 0.3) is 0 Å². The van der Waals surface area contributed by atoms with Crippen molar-refractivity contribution in [2.75, 3.05) is 7.11 Å². The summed E-state index contributed by atoms with van der Waals surface area (Å²) in [5.74, 6) is -1.27. The predicted molar refractivity (Wildman–Crippen MR) is 41.8 cm³/mol. The Kier molecular flexibility index (Phi) is 3.05. The number of aliphatic hydroxyl groups excluding tert-OH is 1.